The summed E-state index contributed by atoms with van der Waals surface area (Å²) < 4.78 is 1.21. The Bertz CT molecular complexity index is 858. The van der Waals surface area contributed by atoms with Crippen LogP contribution in [0.5, 0.6) is 17.2 Å². The van der Waals surface area contributed by atoms with Gasteiger partial charge in [-0.25, -0.2) is 0 Å². The van der Waals surface area contributed by atoms with Crippen molar-refractivity contribution in [3.05, 3.63) is 38.8 Å². The summed E-state index contributed by atoms with van der Waals surface area (Å²) in [5.74, 6) is -3.53. The lowest BCUT2D eigenvalue weighted by atomic mass is 9.62. The predicted octanol–water partition coefficient (Wildman–Crippen LogP) is -1.21. The van der Waals surface area contributed by atoms with E-state index in [4.69, 9.17) is 0 Å². The van der Waals surface area contributed by atoms with Crippen molar-refractivity contribution in [2.75, 3.05) is 0 Å². The Morgan fingerprint density at radius 2 is 1.58 bits per heavy atom. The van der Waals surface area contributed by atoms with Gasteiger partial charge in [0.2, 0.25) is 0 Å². The number of aromatic hydroxyl groups is 3. The monoisotopic (exact) mass is 334 g/mol. The maximum atomic E-state index is 12.6. The molecule has 1 aromatic heterocycles. The maximum Gasteiger partial charge on any atom is 0.269 e. The first kappa shape index (κ1) is 16.4. The summed E-state index contributed by atoms with van der Waals surface area (Å²) >= 11 is 0. The van der Waals surface area contributed by atoms with Gasteiger partial charge in [-0.05, 0) is 25.7 Å². The van der Waals surface area contributed by atoms with Crippen LogP contribution < -0.4 is 15.8 Å². The lowest BCUT2D eigenvalue weighted by Gasteiger charge is -2.61. The van der Waals surface area contributed by atoms with E-state index in [1.807, 2.05) is 0 Å². The van der Waals surface area contributed by atoms with E-state index in [2.05, 4.69) is 5.10 Å². The average Bonchev–Trinajstić information content (AvgIpc) is 2.76. The topological polar surface area (TPSA) is 145 Å². The number of nitrogens with zero attached hydrogens (tertiary/aromatic N) is 1. The molecule has 0 radical (unpaired) electrons. The van der Waals surface area contributed by atoms with E-state index < -0.39 is 41.1 Å². The Labute approximate surface area is 137 Å². The smallest absolute Gasteiger partial charge is 0.269 e. The van der Waals surface area contributed by atoms with E-state index in [9.17, 15) is 30.3 Å². The molecular weight excluding hydrogens is 316 g/mol. The number of rotatable bonds is 2. The lowest BCUT2D eigenvalue weighted by molar-refractivity contribution is -0.536. The third-order valence-corrected chi connectivity index (χ3v) is 4.90. The van der Waals surface area contributed by atoms with Gasteiger partial charge in [-0.15, -0.1) is 12.2 Å². The van der Waals surface area contributed by atoms with Crippen LogP contribution in [0.4, 0.5) is 0 Å². The molecule has 2 unspecified atom stereocenters. The van der Waals surface area contributed by atoms with Crippen molar-refractivity contribution in [1.29, 1.82) is 0 Å². The summed E-state index contributed by atoms with van der Waals surface area (Å²) in [7, 11) is 1.50. The molecular formula is C16H18N2O6-2. The number of aromatic amines is 1. The zero-order valence-corrected chi connectivity index (χ0v) is 13.4. The van der Waals surface area contributed by atoms with Crippen LogP contribution in [0, 0.1) is 13.8 Å². The summed E-state index contributed by atoms with van der Waals surface area (Å²) in [5, 5.41) is 57.7. The fourth-order valence-corrected chi connectivity index (χ4v) is 3.52. The van der Waals surface area contributed by atoms with Gasteiger partial charge in [-0.2, -0.15) is 0 Å². The highest BCUT2D eigenvalue weighted by molar-refractivity contribution is 5.58. The van der Waals surface area contributed by atoms with Crippen molar-refractivity contribution in [2.45, 2.75) is 37.9 Å². The molecule has 1 heterocycles. The highest BCUT2D eigenvalue weighted by Gasteiger charge is 2.43. The fourth-order valence-electron chi connectivity index (χ4n) is 3.52. The molecule has 3 rings (SSSR count). The van der Waals surface area contributed by atoms with Crippen molar-refractivity contribution in [3.8, 4) is 17.2 Å². The third kappa shape index (κ3) is 2.03. The lowest BCUT2D eigenvalue weighted by Crippen LogP contribution is -2.64. The summed E-state index contributed by atoms with van der Waals surface area (Å²) in [5.41, 5.74) is 0.116. The zero-order valence-electron chi connectivity index (χ0n) is 13.4. The van der Waals surface area contributed by atoms with E-state index in [1.165, 1.54) is 18.7 Å². The van der Waals surface area contributed by atoms with Gasteiger partial charge in [-0.3, -0.25) is 14.6 Å². The Morgan fingerprint density at radius 3 is 2.08 bits per heavy atom. The summed E-state index contributed by atoms with van der Waals surface area (Å²) in [6.45, 7) is 3.03. The van der Waals surface area contributed by atoms with Gasteiger partial charge in [0.1, 0.15) is 17.2 Å². The van der Waals surface area contributed by atoms with E-state index in [0.717, 1.165) is 6.07 Å². The average molecular weight is 334 g/mol. The number of phenols is 3. The van der Waals surface area contributed by atoms with Crippen LogP contribution >= 0.6 is 0 Å². The van der Waals surface area contributed by atoms with Gasteiger partial charge in [0.05, 0.1) is 0 Å². The summed E-state index contributed by atoms with van der Waals surface area (Å²) in [6, 6.07) is 0.998. The predicted molar refractivity (Wildman–Crippen MR) is 80.0 cm³/mol. The molecule has 1 fully saturated rings. The molecule has 1 aromatic carbocycles. The van der Waals surface area contributed by atoms with Crippen molar-refractivity contribution >= 4 is 0 Å². The van der Waals surface area contributed by atoms with Crippen molar-refractivity contribution < 1.29 is 25.5 Å². The van der Waals surface area contributed by atoms with Gasteiger partial charge in [0, 0.05) is 35.5 Å². The molecule has 130 valence electrons. The second-order valence-corrected chi connectivity index (χ2v) is 6.30. The molecule has 0 amide bonds. The van der Waals surface area contributed by atoms with Crippen LogP contribution in [0.15, 0.2) is 10.9 Å². The zero-order chi connectivity index (χ0) is 17.9. The number of phenolic OH excluding ortho intramolecular Hbond substituents is 3. The molecule has 8 heteroatoms. The first-order chi connectivity index (χ1) is 11.2. The molecule has 8 nitrogen and oxygen atoms in total. The normalized spacial score (nSPS) is 26.4. The van der Waals surface area contributed by atoms with Crippen molar-refractivity contribution in [2.24, 2.45) is 7.05 Å². The molecule has 1 aliphatic rings. The number of hydrogen-bond acceptors (Lipinski definition) is 6. The molecule has 24 heavy (non-hydrogen) atoms. The SMILES string of the molecule is Cc1[nH]n(C)c(=O)c1C1C([O-])C(c2c(O)cc(O)c(C)c2O)C1[O-]. The largest absolute Gasteiger partial charge is 0.851 e. The summed E-state index contributed by atoms with van der Waals surface area (Å²) in [6.07, 6.45) is -2.95. The number of aryl methyl sites for hydroxylation is 2. The van der Waals surface area contributed by atoms with Crippen LogP contribution in [-0.2, 0) is 7.05 Å². The fraction of sp³-hybridized carbons (Fsp3) is 0.438. The highest BCUT2D eigenvalue weighted by atomic mass is 16.3. The minimum Gasteiger partial charge on any atom is -0.851 e. The first-order valence-electron chi connectivity index (χ1n) is 7.48. The molecule has 0 spiro atoms. The first-order valence-corrected chi connectivity index (χ1v) is 7.48. The van der Waals surface area contributed by atoms with Gasteiger partial charge < -0.3 is 25.5 Å². The second kappa shape index (κ2) is 5.29. The number of benzene rings is 1. The van der Waals surface area contributed by atoms with Gasteiger partial charge in [0.15, 0.2) is 0 Å². The van der Waals surface area contributed by atoms with Gasteiger partial charge in [0.25, 0.3) is 5.56 Å². The quantitative estimate of drug-likeness (QED) is 0.542. The minimum absolute atomic E-state index is 0.0828. The van der Waals surface area contributed by atoms with Crippen LogP contribution in [0.2, 0.25) is 0 Å². The van der Waals surface area contributed by atoms with Crippen molar-refractivity contribution in [3.63, 3.8) is 0 Å². The van der Waals surface area contributed by atoms with E-state index in [1.54, 1.807) is 6.92 Å². The molecule has 0 aliphatic heterocycles. The van der Waals surface area contributed by atoms with Gasteiger partial charge >= 0.3 is 0 Å². The van der Waals surface area contributed by atoms with Crippen LogP contribution in [0.3, 0.4) is 0 Å². The minimum atomic E-state index is -1.48. The van der Waals surface area contributed by atoms with Crippen LogP contribution in [0.1, 0.15) is 34.2 Å². The van der Waals surface area contributed by atoms with Crippen LogP contribution in [0.25, 0.3) is 0 Å². The third-order valence-electron chi connectivity index (χ3n) is 4.90. The van der Waals surface area contributed by atoms with Crippen molar-refractivity contribution in [1.82, 2.24) is 9.78 Å². The Balaban J connectivity index is 2.04. The molecule has 1 saturated carbocycles. The molecule has 0 bridgehead atoms. The van der Waals surface area contributed by atoms with E-state index >= 15 is 0 Å². The van der Waals surface area contributed by atoms with Crippen LogP contribution in [-0.4, -0.2) is 37.3 Å². The number of hydrogen-bond donors (Lipinski definition) is 4. The number of nitrogens with one attached hydrogen (secondary N) is 1. The highest BCUT2D eigenvalue weighted by Crippen LogP contribution is 2.52. The summed E-state index contributed by atoms with van der Waals surface area (Å²) in [4.78, 5) is 12.1. The number of aromatic nitrogens is 2. The molecule has 4 N–H and O–H groups in total. The van der Waals surface area contributed by atoms with E-state index in [0.29, 0.717) is 5.69 Å². The Kier molecular flexibility index (Phi) is 3.61. The Hall–Kier alpha value is -2.45. The molecule has 1 aliphatic carbocycles. The second-order valence-electron chi connectivity index (χ2n) is 6.30. The maximum absolute atomic E-state index is 12.6. The standard InChI is InChI=1S/C16H18N2O6/c1-5-7(19)4-8(20)10(13(5)21)12-14(22)11(15(12)23)9-6(2)17-18(3)16(9)24/h4,11-12,14-15,17,19-21H,1-3H3/q-2. The molecule has 2 aromatic rings. The molecule has 0 saturated heterocycles. The van der Waals surface area contributed by atoms with Gasteiger partial charge in [-0.1, -0.05) is 0 Å². The molecule has 2 atom stereocenters. The Morgan fingerprint density at radius 1 is 1.04 bits per heavy atom. The van der Waals surface area contributed by atoms with E-state index in [-0.39, 0.29) is 22.4 Å². The number of H-pyrrole nitrogens is 1.